The average Bonchev–Trinajstić information content (AvgIpc) is 2.79. The molecule has 0 radical (unpaired) electrons. The molecule has 0 aromatic carbocycles. The number of piperidine rings is 1. The SMILES string of the molecule is CC1CCCN(C(=O)Nc2c(C(N)=NO)cnn2C)C1. The fourth-order valence-electron chi connectivity index (χ4n) is 2.38. The number of carbonyl (C=O) groups excluding carboxylic acids is 1. The highest BCUT2D eigenvalue weighted by molar-refractivity contribution is 6.04. The van der Waals surface area contributed by atoms with Crippen molar-refractivity contribution in [1.82, 2.24) is 14.7 Å². The van der Waals surface area contributed by atoms with Crippen LogP contribution in [-0.4, -0.2) is 44.8 Å². The third-order valence-electron chi connectivity index (χ3n) is 3.49. The van der Waals surface area contributed by atoms with Crippen molar-refractivity contribution >= 4 is 17.7 Å². The van der Waals surface area contributed by atoms with Crippen molar-refractivity contribution in [1.29, 1.82) is 0 Å². The van der Waals surface area contributed by atoms with Crippen LogP contribution in [-0.2, 0) is 7.05 Å². The Balaban J connectivity index is 2.13. The summed E-state index contributed by atoms with van der Waals surface area (Å²) in [6, 6.07) is -0.188. The van der Waals surface area contributed by atoms with Gasteiger partial charge >= 0.3 is 6.03 Å². The Morgan fingerprint density at radius 2 is 2.40 bits per heavy atom. The van der Waals surface area contributed by atoms with Crippen molar-refractivity contribution < 1.29 is 10.0 Å². The minimum absolute atomic E-state index is 0.0830. The number of nitrogens with zero attached hydrogens (tertiary/aromatic N) is 4. The van der Waals surface area contributed by atoms with Crippen LogP contribution in [0.3, 0.4) is 0 Å². The predicted molar refractivity (Wildman–Crippen MR) is 74.7 cm³/mol. The molecule has 0 spiro atoms. The van der Waals surface area contributed by atoms with Gasteiger partial charge in [-0.25, -0.2) is 4.79 Å². The zero-order chi connectivity index (χ0) is 14.7. The van der Waals surface area contributed by atoms with E-state index >= 15 is 0 Å². The van der Waals surface area contributed by atoms with Crippen LogP contribution in [0.5, 0.6) is 0 Å². The Kier molecular flexibility index (Phi) is 4.11. The summed E-state index contributed by atoms with van der Waals surface area (Å²) in [6.45, 7) is 3.61. The van der Waals surface area contributed by atoms with Crippen molar-refractivity contribution in [3.8, 4) is 0 Å². The first-order chi connectivity index (χ1) is 9.52. The van der Waals surface area contributed by atoms with Gasteiger partial charge in [0, 0.05) is 20.1 Å². The molecular weight excluding hydrogens is 260 g/mol. The molecule has 2 heterocycles. The first-order valence-electron chi connectivity index (χ1n) is 6.58. The highest BCUT2D eigenvalue weighted by Crippen LogP contribution is 2.18. The Hall–Kier alpha value is -2.25. The molecule has 110 valence electrons. The van der Waals surface area contributed by atoms with E-state index in [0.717, 1.165) is 25.9 Å². The maximum Gasteiger partial charge on any atom is 0.323 e. The van der Waals surface area contributed by atoms with E-state index in [1.165, 1.54) is 10.9 Å². The van der Waals surface area contributed by atoms with E-state index in [1.54, 1.807) is 11.9 Å². The van der Waals surface area contributed by atoms with Crippen LogP contribution in [0.15, 0.2) is 11.4 Å². The van der Waals surface area contributed by atoms with E-state index in [2.05, 4.69) is 22.5 Å². The van der Waals surface area contributed by atoms with E-state index in [4.69, 9.17) is 10.9 Å². The van der Waals surface area contributed by atoms with Crippen LogP contribution in [0.25, 0.3) is 0 Å². The van der Waals surface area contributed by atoms with E-state index in [9.17, 15) is 4.79 Å². The number of rotatable bonds is 2. The summed E-state index contributed by atoms with van der Waals surface area (Å²) in [5.41, 5.74) is 5.96. The Morgan fingerprint density at radius 1 is 1.65 bits per heavy atom. The number of aromatic nitrogens is 2. The number of aryl methyl sites for hydroxylation is 1. The van der Waals surface area contributed by atoms with E-state index < -0.39 is 0 Å². The molecular formula is C12H20N6O2. The molecule has 1 unspecified atom stereocenters. The number of nitrogens with two attached hydrogens (primary N) is 1. The zero-order valence-corrected chi connectivity index (χ0v) is 11.7. The molecule has 0 bridgehead atoms. The molecule has 8 heteroatoms. The van der Waals surface area contributed by atoms with Crippen LogP contribution in [0.1, 0.15) is 25.3 Å². The molecule has 2 amide bonds. The third-order valence-corrected chi connectivity index (χ3v) is 3.49. The molecule has 1 atom stereocenters. The summed E-state index contributed by atoms with van der Waals surface area (Å²) < 4.78 is 1.48. The fraction of sp³-hybridized carbons (Fsp3) is 0.583. The molecule has 2 rings (SSSR count). The second-order valence-corrected chi connectivity index (χ2v) is 5.14. The lowest BCUT2D eigenvalue weighted by molar-refractivity contribution is 0.182. The molecule has 1 aliphatic rings. The molecule has 1 aliphatic heterocycles. The Labute approximate surface area is 117 Å². The third kappa shape index (κ3) is 2.84. The Bertz CT molecular complexity index is 524. The second kappa shape index (κ2) is 5.81. The molecule has 1 aromatic heterocycles. The molecule has 8 nitrogen and oxygen atoms in total. The number of anilines is 1. The van der Waals surface area contributed by atoms with Crippen LogP contribution in [0.4, 0.5) is 10.6 Å². The molecule has 20 heavy (non-hydrogen) atoms. The Morgan fingerprint density at radius 3 is 3.05 bits per heavy atom. The highest BCUT2D eigenvalue weighted by Gasteiger charge is 2.23. The number of amides is 2. The van der Waals surface area contributed by atoms with Gasteiger partial charge in [0.05, 0.1) is 11.8 Å². The number of amidine groups is 1. The van der Waals surface area contributed by atoms with Crippen molar-refractivity contribution in [2.45, 2.75) is 19.8 Å². The molecule has 1 aromatic rings. The largest absolute Gasteiger partial charge is 0.409 e. The molecule has 0 aliphatic carbocycles. The standard InChI is InChI=1S/C12H20N6O2/c1-8-4-3-5-18(7-8)12(19)15-11-9(10(13)16-20)6-14-17(11)2/h6,8,20H,3-5,7H2,1-2H3,(H2,13,16)(H,15,19). The summed E-state index contributed by atoms with van der Waals surface area (Å²) in [7, 11) is 1.68. The summed E-state index contributed by atoms with van der Waals surface area (Å²) in [4.78, 5) is 14.0. The number of urea groups is 1. The smallest absolute Gasteiger partial charge is 0.323 e. The number of oxime groups is 1. The number of likely N-dealkylation sites (tertiary alicyclic amines) is 1. The van der Waals surface area contributed by atoms with E-state index in [0.29, 0.717) is 17.3 Å². The molecule has 1 fully saturated rings. The summed E-state index contributed by atoms with van der Waals surface area (Å²) in [5.74, 6) is 0.841. The van der Waals surface area contributed by atoms with Gasteiger partial charge in [-0.05, 0) is 18.8 Å². The van der Waals surface area contributed by atoms with Crippen LogP contribution in [0.2, 0.25) is 0 Å². The van der Waals surface area contributed by atoms with Crippen LogP contribution >= 0.6 is 0 Å². The quantitative estimate of drug-likeness (QED) is 0.322. The van der Waals surface area contributed by atoms with Gasteiger partial charge < -0.3 is 15.8 Å². The van der Waals surface area contributed by atoms with Crippen molar-refractivity contribution in [2.24, 2.45) is 23.9 Å². The van der Waals surface area contributed by atoms with Gasteiger partial charge in [-0.2, -0.15) is 5.10 Å². The van der Waals surface area contributed by atoms with Gasteiger partial charge in [0.25, 0.3) is 0 Å². The minimum Gasteiger partial charge on any atom is -0.409 e. The lowest BCUT2D eigenvalue weighted by atomic mass is 10.0. The summed E-state index contributed by atoms with van der Waals surface area (Å²) in [5, 5.41) is 18.5. The predicted octanol–water partition coefficient (Wildman–Crippen LogP) is 0.778. The monoisotopic (exact) mass is 280 g/mol. The van der Waals surface area contributed by atoms with Gasteiger partial charge in [-0.15, -0.1) is 0 Å². The van der Waals surface area contributed by atoms with Crippen LogP contribution < -0.4 is 11.1 Å². The lowest BCUT2D eigenvalue weighted by Crippen LogP contribution is -2.42. The van der Waals surface area contributed by atoms with Crippen molar-refractivity contribution in [3.63, 3.8) is 0 Å². The van der Waals surface area contributed by atoms with Gasteiger partial charge in [-0.3, -0.25) is 10.00 Å². The maximum atomic E-state index is 12.3. The number of hydrogen-bond donors (Lipinski definition) is 3. The van der Waals surface area contributed by atoms with E-state index in [1.807, 2.05) is 0 Å². The first-order valence-corrected chi connectivity index (χ1v) is 6.58. The number of hydrogen-bond acceptors (Lipinski definition) is 4. The van der Waals surface area contributed by atoms with Crippen LogP contribution in [0, 0.1) is 5.92 Å². The lowest BCUT2D eigenvalue weighted by Gasteiger charge is -2.31. The van der Waals surface area contributed by atoms with Crippen molar-refractivity contribution in [3.05, 3.63) is 11.8 Å². The average molecular weight is 280 g/mol. The number of carbonyl (C=O) groups is 1. The highest BCUT2D eigenvalue weighted by atomic mass is 16.4. The minimum atomic E-state index is -0.188. The molecule has 1 saturated heterocycles. The first kappa shape index (κ1) is 14.2. The van der Waals surface area contributed by atoms with Gasteiger partial charge in [-0.1, -0.05) is 12.1 Å². The van der Waals surface area contributed by atoms with Crippen molar-refractivity contribution in [2.75, 3.05) is 18.4 Å². The second-order valence-electron chi connectivity index (χ2n) is 5.14. The molecule has 0 saturated carbocycles. The summed E-state index contributed by atoms with van der Waals surface area (Å²) >= 11 is 0. The molecule has 4 N–H and O–H groups in total. The zero-order valence-electron chi connectivity index (χ0n) is 11.7. The maximum absolute atomic E-state index is 12.3. The topological polar surface area (TPSA) is 109 Å². The summed E-state index contributed by atoms with van der Waals surface area (Å²) in [6.07, 6.45) is 3.60. The number of nitrogens with one attached hydrogen (secondary N) is 1. The van der Waals surface area contributed by atoms with E-state index in [-0.39, 0.29) is 11.9 Å². The normalized spacial score (nSPS) is 20.0. The van der Waals surface area contributed by atoms with Gasteiger partial charge in [0.2, 0.25) is 0 Å². The van der Waals surface area contributed by atoms with Gasteiger partial charge in [0.15, 0.2) is 5.84 Å². The fourth-order valence-corrected chi connectivity index (χ4v) is 2.38. The van der Waals surface area contributed by atoms with Gasteiger partial charge in [0.1, 0.15) is 5.82 Å².